The van der Waals surface area contributed by atoms with Crippen molar-refractivity contribution in [2.75, 3.05) is 11.0 Å². The molecule has 1 saturated carbocycles. The lowest BCUT2D eigenvalue weighted by Gasteiger charge is -2.23. The fourth-order valence-electron chi connectivity index (χ4n) is 6.70. The summed E-state index contributed by atoms with van der Waals surface area (Å²) in [5, 5.41) is 7.92. The Hall–Kier alpha value is -5.30. The minimum Gasteiger partial charge on any atom is -0.346 e. The van der Waals surface area contributed by atoms with Crippen LogP contribution in [0.5, 0.6) is 0 Å². The number of pyridine rings is 1. The van der Waals surface area contributed by atoms with Gasteiger partial charge in [0, 0.05) is 40.2 Å². The lowest BCUT2D eigenvalue weighted by atomic mass is 9.93. The summed E-state index contributed by atoms with van der Waals surface area (Å²) in [7, 11) is -4.63. The molecule has 0 saturated heterocycles. The molecule has 56 heavy (non-hydrogen) atoms. The maximum atomic E-state index is 14.6. The number of nitrogens with one attached hydrogen (secondary N) is 2. The molecule has 0 radical (unpaired) electrons. The van der Waals surface area contributed by atoms with E-state index >= 15 is 0 Å². The second-order valence-electron chi connectivity index (χ2n) is 14.5. The number of imidazole rings is 1. The number of aromatic nitrogens is 5. The number of carbonyl (C=O) groups is 1. The lowest BCUT2D eigenvalue weighted by Crippen LogP contribution is -2.34. The van der Waals surface area contributed by atoms with E-state index in [1.807, 2.05) is 24.3 Å². The van der Waals surface area contributed by atoms with Crippen molar-refractivity contribution in [3.63, 3.8) is 0 Å². The fourth-order valence-corrected chi connectivity index (χ4v) is 9.28. The second-order valence-corrected chi connectivity index (χ2v) is 19.9. The zero-order chi connectivity index (χ0) is 40.2. The van der Waals surface area contributed by atoms with Gasteiger partial charge in [-0.3, -0.25) is 14.2 Å². The standard InChI is InChI=1S/C40H38ClF2N7O4S2/c1-40(2,56(53,54)28-11-12-28)17-16-27-10-13-29(30-14-15-31(41)36-38(30)49(3)47-39(36)48-55(4,5)52)37(45-27)33(20-24-18-25(42)21-26(43)19-24)46-35(51)22-50-23-44-32-8-6-7-9-34(32)50/h6-10,13-15,18-19,21,23,28,33H,4,11-12,20,22H2,1-3,5H3,(H,46,51)(H,47,48,52)/t33-,55?/m0/s1. The van der Waals surface area contributed by atoms with Gasteiger partial charge in [0.05, 0.1) is 50.3 Å². The molecule has 3 aromatic carbocycles. The highest BCUT2D eigenvalue weighted by atomic mass is 35.5. The zero-order valence-electron chi connectivity index (χ0n) is 30.9. The third-order valence-electron chi connectivity index (χ3n) is 9.50. The number of nitrogens with zero attached hydrogens (tertiary/aromatic N) is 5. The molecule has 2 atom stereocenters. The molecule has 16 heteroatoms. The van der Waals surface area contributed by atoms with Gasteiger partial charge in [0.15, 0.2) is 15.7 Å². The van der Waals surface area contributed by atoms with Crippen LogP contribution < -0.4 is 10.0 Å². The van der Waals surface area contributed by atoms with Crippen LogP contribution in [0.3, 0.4) is 0 Å². The molecular formula is C40H38ClF2N7O4S2. The third-order valence-corrected chi connectivity index (χ3v) is 13.3. The summed E-state index contributed by atoms with van der Waals surface area (Å²) in [5.74, 6) is 7.75. The molecule has 3 aromatic heterocycles. The Kier molecular flexibility index (Phi) is 10.2. The summed E-state index contributed by atoms with van der Waals surface area (Å²) in [4.78, 5) is 23.3. The molecule has 6 aromatic rings. The smallest absolute Gasteiger partial charge is 0.240 e. The van der Waals surface area contributed by atoms with Crippen molar-refractivity contribution in [3.05, 3.63) is 107 Å². The number of fused-ring (bicyclic) bond motifs is 2. The van der Waals surface area contributed by atoms with Crippen LogP contribution in [-0.2, 0) is 44.4 Å². The summed E-state index contributed by atoms with van der Waals surface area (Å²) in [6, 6.07) is 16.2. The SMILES string of the molecule is C=S(C)(=O)Nc1nn(C)c2c(-c3ccc(C#CC(C)(C)S(=O)(=O)C4CC4)nc3[C@H](Cc3cc(F)cc(F)c3)NC(=O)Cn3cnc4ccccc43)ccc(Cl)c12. The Labute approximate surface area is 328 Å². The molecule has 1 amide bonds. The normalized spacial score (nSPS) is 14.9. The summed E-state index contributed by atoms with van der Waals surface area (Å²) in [6.45, 7) is 2.98. The topological polar surface area (TPSA) is 141 Å². The Morgan fingerprint density at radius 3 is 2.45 bits per heavy atom. The molecule has 1 fully saturated rings. The van der Waals surface area contributed by atoms with E-state index in [0.29, 0.717) is 45.4 Å². The molecule has 290 valence electrons. The monoisotopic (exact) mass is 817 g/mol. The number of rotatable bonds is 11. The van der Waals surface area contributed by atoms with Gasteiger partial charge < -0.3 is 9.88 Å². The van der Waals surface area contributed by atoms with Crippen LogP contribution in [0.15, 0.2) is 73.1 Å². The maximum absolute atomic E-state index is 14.6. The number of halogens is 3. The number of hydrogen-bond acceptors (Lipinski definition) is 7. The summed E-state index contributed by atoms with van der Waals surface area (Å²) < 4.78 is 73.2. The van der Waals surface area contributed by atoms with Crippen LogP contribution in [-0.4, -0.2) is 65.0 Å². The van der Waals surface area contributed by atoms with E-state index in [-0.39, 0.29) is 35.7 Å². The van der Waals surface area contributed by atoms with E-state index in [0.717, 1.165) is 11.6 Å². The number of carbonyl (C=O) groups excluding carboxylic acids is 1. The Balaban J connectivity index is 1.41. The zero-order valence-corrected chi connectivity index (χ0v) is 33.3. The molecule has 1 aliphatic rings. The second kappa shape index (κ2) is 14.6. The molecule has 3 heterocycles. The average molecular weight is 818 g/mol. The number of benzene rings is 3. The van der Waals surface area contributed by atoms with Crippen molar-refractivity contribution >= 4 is 70.7 Å². The van der Waals surface area contributed by atoms with Gasteiger partial charge in [0.1, 0.15) is 28.6 Å². The minimum absolute atomic E-state index is 0.0993. The van der Waals surface area contributed by atoms with Crippen LogP contribution in [0, 0.1) is 23.5 Å². The number of anilines is 1. The third kappa shape index (κ3) is 8.00. The highest BCUT2D eigenvalue weighted by Gasteiger charge is 2.45. The first-order valence-corrected chi connectivity index (χ1v) is 21.6. The Bertz CT molecular complexity index is 2820. The fraction of sp³-hybridized carbons (Fsp3) is 0.275. The quantitative estimate of drug-likeness (QED) is 0.114. The van der Waals surface area contributed by atoms with Crippen molar-refractivity contribution in [2.45, 2.75) is 55.7 Å². The largest absolute Gasteiger partial charge is 0.346 e. The number of sulfone groups is 1. The Morgan fingerprint density at radius 1 is 1.05 bits per heavy atom. The van der Waals surface area contributed by atoms with Gasteiger partial charge in [-0.2, -0.15) is 5.10 Å². The highest BCUT2D eigenvalue weighted by molar-refractivity contribution is 8.00. The molecule has 0 spiro atoms. The van der Waals surface area contributed by atoms with Crippen molar-refractivity contribution < 1.29 is 26.2 Å². The minimum atomic E-state index is -3.55. The Morgan fingerprint density at radius 2 is 1.75 bits per heavy atom. The number of para-hydroxylation sites is 2. The molecule has 2 N–H and O–H groups in total. The first-order valence-electron chi connectivity index (χ1n) is 17.6. The van der Waals surface area contributed by atoms with Gasteiger partial charge in [-0.05, 0) is 92.9 Å². The summed E-state index contributed by atoms with van der Waals surface area (Å²) in [5.41, 5.74) is 3.70. The number of aryl methyl sites for hydroxylation is 1. The van der Waals surface area contributed by atoms with E-state index in [2.05, 4.69) is 37.8 Å². The van der Waals surface area contributed by atoms with Gasteiger partial charge in [-0.1, -0.05) is 35.7 Å². The van der Waals surface area contributed by atoms with Gasteiger partial charge in [-0.25, -0.2) is 31.4 Å². The molecule has 11 nitrogen and oxygen atoms in total. The van der Waals surface area contributed by atoms with E-state index in [9.17, 15) is 26.2 Å². The van der Waals surface area contributed by atoms with Gasteiger partial charge in [0.2, 0.25) is 5.91 Å². The molecule has 1 aliphatic carbocycles. The molecular weight excluding hydrogens is 780 g/mol. The van der Waals surface area contributed by atoms with Crippen LogP contribution in [0.25, 0.3) is 33.1 Å². The van der Waals surface area contributed by atoms with Crippen molar-refractivity contribution in [1.82, 2.24) is 29.6 Å². The predicted octanol–water partition coefficient (Wildman–Crippen LogP) is 6.40. The number of amides is 1. The van der Waals surface area contributed by atoms with E-state index in [1.165, 1.54) is 18.4 Å². The van der Waals surface area contributed by atoms with Gasteiger partial charge >= 0.3 is 0 Å². The predicted molar refractivity (Wildman–Crippen MR) is 217 cm³/mol. The molecule has 1 unspecified atom stereocenters. The van der Waals surface area contributed by atoms with Crippen molar-refractivity contribution in [1.29, 1.82) is 0 Å². The van der Waals surface area contributed by atoms with Crippen LogP contribution >= 0.6 is 11.6 Å². The van der Waals surface area contributed by atoms with E-state index in [4.69, 9.17) is 16.6 Å². The van der Waals surface area contributed by atoms with Gasteiger partial charge in [-0.15, -0.1) is 0 Å². The molecule has 0 bridgehead atoms. The summed E-state index contributed by atoms with van der Waals surface area (Å²) in [6.07, 6.45) is 4.06. The number of hydrogen-bond donors (Lipinski definition) is 2. The van der Waals surface area contributed by atoms with E-state index < -0.39 is 53.1 Å². The van der Waals surface area contributed by atoms with E-state index in [1.54, 1.807) is 60.7 Å². The van der Waals surface area contributed by atoms with Crippen molar-refractivity contribution in [3.8, 4) is 23.0 Å². The van der Waals surface area contributed by atoms with Crippen LogP contribution in [0.4, 0.5) is 14.6 Å². The lowest BCUT2D eigenvalue weighted by molar-refractivity contribution is -0.122. The van der Waals surface area contributed by atoms with Crippen LogP contribution in [0.2, 0.25) is 5.02 Å². The maximum Gasteiger partial charge on any atom is 0.240 e. The van der Waals surface area contributed by atoms with Gasteiger partial charge in [0.25, 0.3) is 0 Å². The highest BCUT2D eigenvalue weighted by Crippen LogP contribution is 2.40. The first kappa shape index (κ1) is 39.0. The summed E-state index contributed by atoms with van der Waals surface area (Å²) >= 11 is 6.73. The average Bonchev–Trinajstić information content (AvgIpc) is 3.84. The first-order chi connectivity index (χ1) is 26.4. The van der Waals surface area contributed by atoms with Crippen LogP contribution in [0.1, 0.15) is 49.7 Å². The molecule has 0 aliphatic heterocycles. The molecule has 7 rings (SSSR count). The van der Waals surface area contributed by atoms with Crippen molar-refractivity contribution in [2.24, 2.45) is 7.05 Å².